The second-order valence-electron chi connectivity index (χ2n) is 5.55. The van der Waals surface area contributed by atoms with Gasteiger partial charge in [-0.1, -0.05) is 51.9 Å². The van der Waals surface area contributed by atoms with E-state index >= 15 is 0 Å². The van der Waals surface area contributed by atoms with Crippen molar-refractivity contribution in [2.75, 3.05) is 13.1 Å². The van der Waals surface area contributed by atoms with Crippen LogP contribution in [0.1, 0.15) is 64.7 Å². The van der Waals surface area contributed by atoms with Crippen molar-refractivity contribution in [3.63, 3.8) is 0 Å². The number of carboxylic acids is 1. The van der Waals surface area contributed by atoms with E-state index in [0.29, 0.717) is 6.54 Å². The van der Waals surface area contributed by atoms with Crippen LogP contribution in [0, 0.1) is 5.92 Å². The van der Waals surface area contributed by atoms with Crippen LogP contribution < -0.4 is 0 Å². The van der Waals surface area contributed by atoms with Crippen LogP contribution in [0.25, 0.3) is 0 Å². The van der Waals surface area contributed by atoms with Gasteiger partial charge in [-0.15, -0.1) is 0 Å². The highest BCUT2D eigenvalue weighted by Gasteiger charge is 2.33. The first-order valence-electron chi connectivity index (χ1n) is 7.65. The Morgan fingerprint density at radius 1 is 1.16 bits per heavy atom. The van der Waals surface area contributed by atoms with Gasteiger partial charge < -0.3 is 10.0 Å². The maximum atomic E-state index is 11.6. The molecular formula is C15H27NO3. The lowest BCUT2D eigenvalue weighted by Crippen LogP contribution is -2.27. The zero-order valence-corrected chi connectivity index (χ0v) is 12.1. The Labute approximate surface area is 116 Å². The molecule has 1 aliphatic rings. The number of hydrogen-bond donors (Lipinski definition) is 1. The van der Waals surface area contributed by atoms with Gasteiger partial charge in [0.1, 0.15) is 0 Å². The van der Waals surface area contributed by atoms with Crippen molar-refractivity contribution in [1.82, 2.24) is 4.90 Å². The Balaban J connectivity index is 2.01. The summed E-state index contributed by atoms with van der Waals surface area (Å²) < 4.78 is 0. The van der Waals surface area contributed by atoms with Crippen molar-refractivity contribution in [3.8, 4) is 0 Å². The van der Waals surface area contributed by atoms with E-state index in [9.17, 15) is 9.59 Å². The van der Waals surface area contributed by atoms with Crippen molar-refractivity contribution in [1.29, 1.82) is 0 Å². The number of carbonyl (C=O) groups excluding carboxylic acids is 1. The molecule has 0 aromatic rings. The maximum absolute atomic E-state index is 11.6. The molecule has 0 aromatic carbocycles. The molecule has 1 N–H and O–H groups in total. The lowest BCUT2D eigenvalue weighted by atomic mass is 10.1. The van der Waals surface area contributed by atoms with Crippen LogP contribution in [-0.4, -0.2) is 35.0 Å². The van der Waals surface area contributed by atoms with E-state index in [2.05, 4.69) is 6.92 Å². The first kappa shape index (κ1) is 16.0. The summed E-state index contributed by atoms with van der Waals surface area (Å²) in [5.74, 6) is -1.32. The van der Waals surface area contributed by atoms with E-state index < -0.39 is 11.9 Å². The molecule has 1 amide bonds. The summed E-state index contributed by atoms with van der Waals surface area (Å²) in [5, 5.41) is 8.88. The second-order valence-corrected chi connectivity index (χ2v) is 5.55. The van der Waals surface area contributed by atoms with Gasteiger partial charge in [0.05, 0.1) is 5.92 Å². The predicted octanol–water partition coefficient (Wildman–Crippen LogP) is 3.06. The molecule has 0 aliphatic carbocycles. The van der Waals surface area contributed by atoms with Gasteiger partial charge >= 0.3 is 5.97 Å². The van der Waals surface area contributed by atoms with Gasteiger partial charge in [-0.3, -0.25) is 9.59 Å². The molecule has 1 heterocycles. The molecule has 0 bridgehead atoms. The number of rotatable bonds is 10. The molecule has 1 fully saturated rings. The monoisotopic (exact) mass is 269 g/mol. The summed E-state index contributed by atoms with van der Waals surface area (Å²) in [6.45, 7) is 3.36. The second kappa shape index (κ2) is 8.94. The van der Waals surface area contributed by atoms with Gasteiger partial charge in [0.15, 0.2) is 0 Å². The smallest absolute Gasteiger partial charge is 0.308 e. The SMILES string of the molecule is CCCCCCCCCCN1CC(C(=O)O)CC1=O. The zero-order chi connectivity index (χ0) is 14.1. The van der Waals surface area contributed by atoms with Gasteiger partial charge in [-0.2, -0.15) is 0 Å². The minimum absolute atomic E-state index is 0.00958. The summed E-state index contributed by atoms with van der Waals surface area (Å²) in [6.07, 6.45) is 10.1. The maximum Gasteiger partial charge on any atom is 0.308 e. The molecular weight excluding hydrogens is 242 g/mol. The van der Waals surface area contributed by atoms with Gasteiger partial charge in [0.2, 0.25) is 5.91 Å². The third kappa shape index (κ3) is 6.08. The van der Waals surface area contributed by atoms with Crippen LogP contribution in [0.4, 0.5) is 0 Å². The molecule has 110 valence electrons. The average molecular weight is 269 g/mol. The molecule has 4 heteroatoms. The summed E-state index contributed by atoms with van der Waals surface area (Å²) in [7, 11) is 0. The minimum Gasteiger partial charge on any atom is -0.481 e. The fourth-order valence-electron chi connectivity index (χ4n) is 2.59. The number of hydrogen-bond acceptors (Lipinski definition) is 2. The van der Waals surface area contributed by atoms with Crippen LogP contribution in [0.5, 0.6) is 0 Å². The number of likely N-dealkylation sites (tertiary alicyclic amines) is 1. The first-order chi connectivity index (χ1) is 9.15. The van der Waals surface area contributed by atoms with Crippen LogP contribution >= 0.6 is 0 Å². The molecule has 0 saturated carbocycles. The standard InChI is InChI=1S/C15H27NO3/c1-2-3-4-5-6-7-8-9-10-16-12-13(15(18)19)11-14(16)17/h13H,2-12H2,1H3,(H,18,19). The Bertz CT molecular complexity index is 291. The fraction of sp³-hybridized carbons (Fsp3) is 0.867. The molecule has 19 heavy (non-hydrogen) atoms. The Morgan fingerprint density at radius 3 is 2.26 bits per heavy atom. The van der Waals surface area contributed by atoms with Gasteiger partial charge in [0, 0.05) is 19.5 Å². The Hall–Kier alpha value is -1.06. The van der Waals surface area contributed by atoms with Gasteiger partial charge in [-0.25, -0.2) is 0 Å². The van der Waals surface area contributed by atoms with E-state index in [-0.39, 0.29) is 12.3 Å². The molecule has 1 rings (SSSR count). The molecule has 1 aliphatic heterocycles. The largest absolute Gasteiger partial charge is 0.481 e. The van der Waals surface area contributed by atoms with Crippen molar-refractivity contribution in [2.45, 2.75) is 64.7 Å². The predicted molar refractivity (Wildman–Crippen MR) is 74.9 cm³/mol. The number of carbonyl (C=O) groups is 2. The van der Waals surface area contributed by atoms with Crippen molar-refractivity contribution >= 4 is 11.9 Å². The number of unbranched alkanes of at least 4 members (excludes halogenated alkanes) is 7. The van der Waals surface area contributed by atoms with Gasteiger partial charge in [-0.05, 0) is 6.42 Å². The lowest BCUT2D eigenvalue weighted by molar-refractivity contribution is -0.141. The lowest BCUT2D eigenvalue weighted by Gasteiger charge is -2.15. The van der Waals surface area contributed by atoms with E-state index in [1.165, 1.54) is 38.5 Å². The van der Waals surface area contributed by atoms with Gasteiger partial charge in [0.25, 0.3) is 0 Å². The van der Waals surface area contributed by atoms with Crippen molar-refractivity contribution in [2.24, 2.45) is 5.92 Å². The minimum atomic E-state index is -0.841. The summed E-state index contributed by atoms with van der Waals surface area (Å²) in [4.78, 5) is 24.1. The highest BCUT2D eigenvalue weighted by Crippen LogP contribution is 2.18. The zero-order valence-electron chi connectivity index (χ0n) is 12.1. The quantitative estimate of drug-likeness (QED) is 0.620. The van der Waals surface area contributed by atoms with E-state index in [4.69, 9.17) is 5.11 Å². The molecule has 0 aromatic heterocycles. The topological polar surface area (TPSA) is 57.6 Å². The molecule has 1 saturated heterocycles. The first-order valence-corrected chi connectivity index (χ1v) is 7.65. The molecule has 0 radical (unpaired) electrons. The normalized spacial score (nSPS) is 19.1. The Kier molecular flexibility index (Phi) is 7.53. The van der Waals surface area contributed by atoms with Crippen LogP contribution in [0.15, 0.2) is 0 Å². The van der Waals surface area contributed by atoms with Crippen molar-refractivity contribution in [3.05, 3.63) is 0 Å². The van der Waals surface area contributed by atoms with E-state index in [0.717, 1.165) is 19.4 Å². The molecule has 0 spiro atoms. The highest BCUT2D eigenvalue weighted by molar-refractivity contribution is 5.86. The number of carboxylic acid groups (broad SMARTS) is 1. The van der Waals surface area contributed by atoms with E-state index in [1.54, 1.807) is 4.90 Å². The summed E-state index contributed by atoms with van der Waals surface area (Å²) in [5.41, 5.74) is 0. The van der Waals surface area contributed by atoms with Crippen LogP contribution in [0.2, 0.25) is 0 Å². The number of aliphatic carboxylic acids is 1. The van der Waals surface area contributed by atoms with Crippen molar-refractivity contribution < 1.29 is 14.7 Å². The average Bonchev–Trinajstić information content (AvgIpc) is 2.74. The molecule has 4 nitrogen and oxygen atoms in total. The van der Waals surface area contributed by atoms with E-state index in [1.807, 2.05) is 0 Å². The number of amides is 1. The Morgan fingerprint density at radius 2 is 1.74 bits per heavy atom. The fourth-order valence-corrected chi connectivity index (χ4v) is 2.59. The van der Waals surface area contributed by atoms with Crippen LogP contribution in [0.3, 0.4) is 0 Å². The summed E-state index contributed by atoms with van der Waals surface area (Å²) in [6, 6.07) is 0. The highest BCUT2D eigenvalue weighted by atomic mass is 16.4. The van der Waals surface area contributed by atoms with Crippen LogP contribution in [-0.2, 0) is 9.59 Å². The third-order valence-corrected chi connectivity index (χ3v) is 3.85. The number of nitrogens with zero attached hydrogens (tertiary/aromatic N) is 1. The molecule has 1 unspecified atom stereocenters. The third-order valence-electron chi connectivity index (χ3n) is 3.85. The summed E-state index contributed by atoms with van der Waals surface area (Å²) >= 11 is 0. The molecule has 1 atom stereocenters.